The van der Waals surface area contributed by atoms with Crippen LogP contribution in [0.5, 0.6) is 0 Å². The SMILES string of the molecule is CN(C)C(=O)c1ccc(Cl)c(NC(=O)C2(c3cccc(Br)c3)CCCC2)c1. The van der Waals surface area contributed by atoms with E-state index in [1.54, 1.807) is 32.3 Å². The summed E-state index contributed by atoms with van der Waals surface area (Å²) in [4.78, 5) is 27.1. The van der Waals surface area contributed by atoms with Crippen molar-refractivity contribution in [1.29, 1.82) is 0 Å². The van der Waals surface area contributed by atoms with Gasteiger partial charge in [-0.2, -0.15) is 0 Å². The molecule has 0 heterocycles. The first kappa shape index (κ1) is 19.9. The molecule has 0 aliphatic heterocycles. The predicted molar refractivity (Wildman–Crippen MR) is 112 cm³/mol. The van der Waals surface area contributed by atoms with Crippen molar-refractivity contribution in [1.82, 2.24) is 4.90 Å². The van der Waals surface area contributed by atoms with Crippen molar-refractivity contribution >= 4 is 45.0 Å². The van der Waals surface area contributed by atoms with Crippen molar-refractivity contribution < 1.29 is 9.59 Å². The van der Waals surface area contributed by atoms with Gasteiger partial charge >= 0.3 is 0 Å². The minimum absolute atomic E-state index is 0.0746. The quantitative estimate of drug-likeness (QED) is 0.692. The van der Waals surface area contributed by atoms with Crippen molar-refractivity contribution in [2.24, 2.45) is 0 Å². The second-order valence-electron chi connectivity index (χ2n) is 7.15. The highest BCUT2D eigenvalue weighted by atomic mass is 79.9. The first-order valence-electron chi connectivity index (χ1n) is 8.92. The second-order valence-corrected chi connectivity index (χ2v) is 8.47. The number of amides is 2. The maximum absolute atomic E-state index is 13.3. The maximum atomic E-state index is 13.3. The fraction of sp³-hybridized carbons (Fsp3) is 0.333. The van der Waals surface area contributed by atoms with Gasteiger partial charge in [-0.25, -0.2) is 0 Å². The van der Waals surface area contributed by atoms with E-state index in [1.165, 1.54) is 4.90 Å². The zero-order valence-electron chi connectivity index (χ0n) is 15.4. The van der Waals surface area contributed by atoms with Crippen LogP contribution in [0.1, 0.15) is 41.6 Å². The van der Waals surface area contributed by atoms with Gasteiger partial charge in [0, 0.05) is 24.1 Å². The molecule has 3 rings (SSSR count). The van der Waals surface area contributed by atoms with E-state index in [0.29, 0.717) is 16.3 Å². The lowest BCUT2D eigenvalue weighted by molar-refractivity contribution is -0.121. The molecule has 1 aliphatic carbocycles. The molecular weight excluding hydrogens is 428 g/mol. The summed E-state index contributed by atoms with van der Waals surface area (Å²) in [7, 11) is 3.38. The predicted octanol–water partition coefficient (Wildman–Crippen LogP) is 5.25. The number of hydrogen-bond donors (Lipinski definition) is 1. The average Bonchev–Trinajstić information content (AvgIpc) is 3.14. The molecule has 1 fully saturated rings. The van der Waals surface area contributed by atoms with Crippen molar-refractivity contribution in [2.45, 2.75) is 31.1 Å². The first-order chi connectivity index (χ1) is 12.8. The van der Waals surface area contributed by atoms with E-state index >= 15 is 0 Å². The molecular formula is C21H22BrClN2O2. The number of carbonyl (C=O) groups excluding carboxylic acids is 2. The summed E-state index contributed by atoms with van der Waals surface area (Å²) in [6.45, 7) is 0. The first-order valence-corrected chi connectivity index (χ1v) is 10.1. The highest BCUT2D eigenvalue weighted by Crippen LogP contribution is 2.43. The summed E-state index contributed by atoms with van der Waals surface area (Å²) in [6.07, 6.45) is 3.60. The topological polar surface area (TPSA) is 49.4 Å². The van der Waals surface area contributed by atoms with E-state index in [-0.39, 0.29) is 11.8 Å². The van der Waals surface area contributed by atoms with Gasteiger partial charge in [0.05, 0.1) is 16.1 Å². The molecule has 0 radical (unpaired) electrons. The Balaban J connectivity index is 1.93. The van der Waals surface area contributed by atoms with Gasteiger partial charge in [-0.15, -0.1) is 0 Å². The van der Waals surface area contributed by atoms with Gasteiger partial charge in [-0.05, 0) is 48.7 Å². The third kappa shape index (κ3) is 4.04. The summed E-state index contributed by atoms with van der Waals surface area (Å²) >= 11 is 9.81. The second kappa shape index (κ2) is 8.03. The zero-order chi connectivity index (χ0) is 19.6. The number of nitrogens with zero attached hydrogens (tertiary/aromatic N) is 1. The molecule has 2 aromatic carbocycles. The molecule has 2 amide bonds. The Morgan fingerprint density at radius 1 is 1.11 bits per heavy atom. The summed E-state index contributed by atoms with van der Waals surface area (Å²) in [5.41, 5.74) is 1.39. The maximum Gasteiger partial charge on any atom is 0.253 e. The highest BCUT2D eigenvalue weighted by Gasteiger charge is 2.43. The number of nitrogens with one attached hydrogen (secondary N) is 1. The molecule has 0 unspecified atom stereocenters. The van der Waals surface area contributed by atoms with Crippen LogP contribution < -0.4 is 5.32 Å². The Hall–Kier alpha value is -1.85. The molecule has 1 aliphatic rings. The van der Waals surface area contributed by atoms with E-state index < -0.39 is 5.41 Å². The Morgan fingerprint density at radius 2 is 1.81 bits per heavy atom. The smallest absolute Gasteiger partial charge is 0.253 e. The van der Waals surface area contributed by atoms with Crippen molar-refractivity contribution in [2.75, 3.05) is 19.4 Å². The highest BCUT2D eigenvalue weighted by molar-refractivity contribution is 9.10. The lowest BCUT2D eigenvalue weighted by Gasteiger charge is -2.29. The number of anilines is 1. The minimum atomic E-state index is -0.575. The Kier molecular flexibility index (Phi) is 5.92. The van der Waals surface area contributed by atoms with E-state index in [0.717, 1.165) is 35.7 Å². The molecule has 0 atom stereocenters. The molecule has 0 bridgehead atoms. The summed E-state index contributed by atoms with van der Waals surface area (Å²) in [5.74, 6) is -0.209. The van der Waals surface area contributed by atoms with Gasteiger partial charge in [0.1, 0.15) is 0 Å². The van der Waals surface area contributed by atoms with Crippen LogP contribution in [0.2, 0.25) is 5.02 Å². The third-order valence-electron chi connectivity index (χ3n) is 5.14. The van der Waals surface area contributed by atoms with Crippen LogP contribution in [0, 0.1) is 0 Å². The molecule has 4 nitrogen and oxygen atoms in total. The number of hydrogen-bond acceptors (Lipinski definition) is 2. The van der Waals surface area contributed by atoms with Crippen LogP contribution in [-0.2, 0) is 10.2 Å². The van der Waals surface area contributed by atoms with Crippen molar-refractivity contribution in [3.63, 3.8) is 0 Å². The average molecular weight is 450 g/mol. The Bertz CT molecular complexity index is 876. The van der Waals surface area contributed by atoms with Gasteiger partial charge in [0.25, 0.3) is 5.91 Å². The van der Waals surface area contributed by atoms with E-state index in [4.69, 9.17) is 11.6 Å². The molecule has 0 spiro atoms. The van der Waals surface area contributed by atoms with Crippen LogP contribution >= 0.6 is 27.5 Å². The Labute approximate surface area is 173 Å². The van der Waals surface area contributed by atoms with Crippen LogP contribution in [0.25, 0.3) is 0 Å². The lowest BCUT2D eigenvalue weighted by Crippen LogP contribution is -2.38. The Morgan fingerprint density at radius 3 is 2.44 bits per heavy atom. The molecule has 142 valence electrons. The number of carbonyl (C=O) groups is 2. The van der Waals surface area contributed by atoms with E-state index in [1.807, 2.05) is 24.3 Å². The van der Waals surface area contributed by atoms with Crippen molar-refractivity contribution in [3.05, 3.63) is 63.1 Å². The van der Waals surface area contributed by atoms with Gasteiger partial charge in [-0.1, -0.05) is 52.5 Å². The largest absolute Gasteiger partial charge is 0.345 e. The summed E-state index contributed by atoms with van der Waals surface area (Å²) in [5, 5.41) is 3.41. The van der Waals surface area contributed by atoms with Gasteiger partial charge in [0.2, 0.25) is 5.91 Å². The number of halogens is 2. The normalized spacial score (nSPS) is 15.4. The van der Waals surface area contributed by atoms with E-state index in [2.05, 4.69) is 21.2 Å². The molecule has 1 N–H and O–H groups in total. The molecule has 1 saturated carbocycles. The van der Waals surface area contributed by atoms with Crippen molar-refractivity contribution in [3.8, 4) is 0 Å². The molecule has 2 aromatic rings. The molecule has 6 heteroatoms. The third-order valence-corrected chi connectivity index (χ3v) is 5.96. The minimum Gasteiger partial charge on any atom is -0.345 e. The fourth-order valence-electron chi connectivity index (χ4n) is 3.67. The lowest BCUT2D eigenvalue weighted by atomic mass is 9.78. The zero-order valence-corrected chi connectivity index (χ0v) is 17.7. The van der Waals surface area contributed by atoms with Gasteiger partial charge in [-0.3, -0.25) is 9.59 Å². The van der Waals surface area contributed by atoms with Crippen LogP contribution in [-0.4, -0.2) is 30.8 Å². The van der Waals surface area contributed by atoms with Gasteiger partial charge < -0.3 is 10.2 Å². The van der Waals surface area contributed by atoms with Crippen LogP contribution in [0.3, 0.4) is 0 Å². The number of benzene rings is 2. The molecule has 0 saturated heterocycles. The van der Waals surface area contributed by atoms with Crippen LogP contribution in [0.15, 0.2) is 46.9 Å². The molecule has 27 heavy (non-hydrogen) atoms. The van der Waals surface area contributed by atoms with E-state index in [9.17, 15) is 9.59 Å². The monoisotopic (exact) mass is 448 g/mol. The summed E-state index contributed by atoms with van der Waals surface area (Å²) < 4.78 is 0.954. The number of rotatable bonds is 4. The summed E-state index contributed by atoms with van der Waals surface area (Å²) in [6, 6.07) is 12.9. The van der Waals surface area contributed by atoms with Gasteiger partial charge in [0.15, 0.2) is 0 Å². The van der Waals surface area contributed by atoms with Crippen LogP contribution in [0.4, 0.5) is 5.69 Å². The fourth-order valence-corrected chi connectivity index (χ4v) is 4.23. The molecule has 0 aromatic heterocycles. The standard InChI is InChI=1S/C21H22BrClN2O2/c1-25(2)19(26)14-8-9-17(23)18(12-14)24-20(27)21(10-3-4-11-21)15-6-5-7-16(22)13-15/h5-9,12-13H,3-4,10-11H2,1-2H3,(H,24,27).